The summed E-state index contributed by atoms with van der Waals surface area (Å²) in [4.78, 5) is 9.73. The highest BCUT2D eigenvalue weighted by Crippen LogP contribution is 2.34. The van der Waals surface area contributed by atoms with Crippen molar-refractivity contribution in [3.63, 3.8) is 0 Å². The maximum atomic E-state index is 4.24. The van der Waals surface area contributed by atoms with E-state index in [1.165, 1.54) is 32.0 Å². The second kappa shape index (κ2) is 3.19. The number of nitrogens with zero attached hydrogens (tertiary/aromatic N) is 4. The molecule has 0 atom stereocenters. The van der Waals surface area contributed by atoms with E-state index in [2.05, 4.69) is 37.3 Å². The molecular weight excluding hydrogens is 256 g/mol. The van der Waals surface area contributed by atoms with Crippen molar-refractivity contribution in [3.05, 3.63) is 48.7 Å². The second-order valence-corrected chi connectivity index (χ2v) is 5.74. The first-order valence-corrected chi connectivity index (χ1v) is 6.94. The van der Waals surface area contributed by atoms with Crippen LogP contribution in [0.5, 0.6) is 0 Å². The molecule has 5 heterocycles. The van der Waals surface area contributed by atoms with Gasteiger partial charge in [0.05, 0.1) is 16.5 Å². The highest BCUT2D eigenvalue weighted by atomic mass is 32.1. The van der Waals surface area contributed by atoms with Crippen LogP contribution in [-0.4, -0.2) is 14.5 Å². The Kier molecular flexibility index (Phi) is 1.62. The standard InChI is InChI=1S/C14H9N4S/c1-3-15-5-10-9(1)7-17-12(10)8-18-11-6-16-4-2-13(11)19-14(17)18/h1-6,8H,7H2/q+1. The first-order valence-electron chi connectivity index (χ1n) is 6.12. The summed E-state index contributed by atoms with van der Waals surface area (Å²) < 4.78 is 5.87. The number of imidazole rings is 1. The number of aromatic nitrogens is 4. The largest absolute Gasteiger partial charge is 0.347 e. The lowest BCUT2D eigenvalue weighted by atomic mass is 10.1. The predicted molar refractivity (Wildman–Crippen MR) is 73.1 cm³/mol. The predicted octanol–water partition coefficient (Wildman–Crippen LogP) is 2.26. The molecule has 0 saturated heterocycles. The van der Waals surface area contributed by atoms with Crippen molar-refractivity contribution in [3.8, 4) is 11.3 Å². The molecule has 0 amide bonds. The minimum Gasteiger partial charge on any atom is -0.264 e. The van der Waals surface area contributed by atoms with Crippen LogP contribution in [0.1, 0.15) is 5.56 Å². The van der Waals surface area contributed by atoms with Crippen LogP contribution in [0, 0.1) is 0 Å². The molecule has 0 unspecified atom stereocenters. The smallest absolute Gasteiger partial charge is 0.264 e. The van der Waals surface area contributed by atoms with E-state index >= 15 is 0 Å². The molecule has 0 fully saturated rings. The van der Waals surface area contributed by atoms with Crippen molar-refractivity contribution < 1.29 is 4.40 Å². The number of rotatable bonds is 0. The van der Waals surface area contributed by atoms with E-state index < -0.39 is 0 Å². The zero-order valence-electron chi connectivity index (χ0n) is 9.95. The molecule has 0 aliphatic carbocycles. The Morgan fingerprint density at radius 3 is 3.05 bits per heavy atom. The van der Waals surface area contributed by atoms with Crippen LogP contribution in [0.4, 0.5) is 0 Å². The van der Waals surface area contributed by atoms with Crippen LogP contribution in [0.3, 0.4) is 0 Å². The highest BCUT2D eigenvalue weighted by molar-refractivity contribution is 7.23. The van der Waals surface area contributed by atoms with Gasteiger partial charge >= 0.3 is 4.96 Å². The molecule has 4 nitrogen and oxygen atoms in total. The van der Waals surface area contributed by atoms with E-state index in [1.54, 1.807) is 0 Å². The van der Waals surface area contributed by atoms with Crippen molar-refractivity contribution in [1.82, 2.24) is 14.5 Å². The fourth-order valence-electron chi connectivity index (χ4n) is 2.83. The molecule has 0 spiro atoms. The summed E-state index contributed by atoms with van der Waals surface area (Å²) in [6, 6.07) is 4.18. The molecule has 5 heteroatoms. The first kappa shape index (κ1) is 9.63. The molecule has 0 aromatic carbocycles. The van der Waals surface area contributed by atoms with Gasteiger partial charge in [-0.3, -0.25) is 9.97 Å². The summed E-state index contributed by atoms with van der Waals surface area (Å²) in [5, 5.41) is 0. The van der Waals surface area contributed by atoms with Gasteiger partial charge in [-0.05, 0) is 23.5 Å². The third kappa shape index (κ3) is 1.11. The quantitative estimate of drug-likeness (QED) is 0.403. The van der Waals surface area contributed by atoms with Crippen molar-refractivity contribution in [1.29, 1.82) is 0 Å². The third-order valence-electron chi connectivity index (χ3n) is 3.72. The van der Waals surface area contributed by atoms with E-state index in [1.807, 2.05) is 36.1 Å². The number of pyridine rings is 2. The lowest BCUT2D eigenvalue weighted by Crippen LogP contribution is -2.16. The lowest BCUT2D eigenvalue weighted by molar-refractivity contribution is -0.476. The lowest BCUT2D eigenvalue weighted by Gasteiger charge is -1.91. The molecule has 0 radical (unpaired) electrons. The summed E-state index contributed by atoms with van der Waals surface area (Å²) in [5.74, 6) is 0. The normalized spacial score (nSPS) is 13.1. The van der Waals surface area contributed by atoms with Gasteiger partial charge in [-0.1, -0.05) is 0 Å². The van der Waals surface area contributed by atoms with Crippen LogP contribution in [0.2, 0.25) is 0 Å². The Bertz CT molecular complexity index is 951. The van der Waals surface area contributed by atoms with Crippen LogP contribution in [-0.2, 0) is 6.54 Å². The topological polar surface area (TPSA) is 34.8 Å². The zero-order valence-corrected chi connectivity index (χ0v) is 10.8. The maximum absolute atomic E-state index is 4.24. The van der Waals surface area contributed by atoms with Gasteiger partial charge in [0.1, 0.15) is 12.7 Å². The van der Waals surface area contributed by atoms with E-state index in [0.29, 0.717) is 0 Å². The van der Waals surface area contributed by atoms with Gasteiger partial charge in [-0.2, -0.15) is 4.40 Å². The summed E-state index contributed by atoms with van der Waals surface area (Å²) in [6.45, 7) is 0.934. The molecule has 4 aromatic rings. The summed E-state index contributed by atoms with van der Waals surface area (Å²) >= 11 is 1.81. The van der Waals surface area contributed by atoms with E-state index in [-0.39, 0.29) is 0 Å². The summed E-state index contributed by atoms with van der Waals surface area (Å²) in [7, 11) is 0. The van der Waals surface area contributed by atoms with Gasteiger partial charge in [-0.25, -0.2) is 4.57 Å². The van der Waals surface area contributed by atoms with Gasteiger partial charge in [-0.15, -0.1) is 0 Å². The Morgan fingerprint density at radius 1 is 1.16 bits per heavy atom. The minimum atomic E-state index is 0.934. The first-order chi connectivity index (χ1) is 9.42. The number of thiazole rings is 1. The number of hydrogen-bond donors (Lipinski definition) is 0. The Morgan fingerprint density at radius 2 is 2.05 bits per heavy atom. The van der Waals surface area contributed by atoms with Crippen molar-refractivity contribution in [2.45, 2.75) is 6.54 Å². The molecule has 1 aliphatic heterocycles. The van der Waals surface area contributed by atoms with E-state index in [0.717, 1.165) is 6.54 Å². The van der Waals surface area contributed by atoms with Gasteiger partial charge in [0.25, 0.3) is 0 Å². The van der Waals surface area contributed by atoms with E-state index in [4.69, 9.17) is 0 Å². The molecule has 19 heavy (non-hydrogen) atoms. The second-order valence-electron chi connectivity index (χ2n) is 4.73. The average Bonchev–Trinajstić information content (AvgIpc) is 3.07. The average molecular weight is 265 g/mol. The van der Waals surface area contributed by atoms with Gasteiger partial charge in [0, 0.05) is 24.2 Å². The molecule has 5 rings (SSSR count). The van der Waals surface area contributed by atoms with Crippen LogP contribution in [0.15, 0.2) is 43.1 Å². The van der Waals surface area contributed by atoms with Crippen LogP contribution >= 0.6 is 11.3 Å². The summed E-state index contributed by atoms with van der Waals surface area (Å²) in [5.41, 5.74) is 5.02. The zero-order chi connectivity index (χ0) is 12.4. The Balaban J connectivity index is 1.93. The van der Waals surface area contributed by atoms with Gasteiger partial charge in [0.2, 0.25) is 0 Å². The molecule has 90 valence electrons. The van der Waals surface area contributed by atoms with Gasteiger partial charge in [0.15, 0.2) is 11.2 Å². The van der Waals surface area contributed by atoms with Crippen molar-refractivity contribution in [2.75, 3.05) is 0 Å². The SMILES string of the molecule is c1cc2c(cn1)-c1c[n+]3c4cnccc4sc3n1C2. The van der Waals surface area contributed by atoms with Crippen molar-refractivity contribution in [2.24, 2.45) is 0 Å². The van der Waals surface area contributed by atoms with Crippen LogP contribution in [0.25, 0.3) is 26.4 Å². The third-order valence-corrected chi connectivity index (χ3v) is 4.88. The molecule has 1 aliphatic rings. The number of hydrogen-bond acceptors (Lipinski definition) is 3. The van der Waals surface area contributed by atoms with Gasteiger partial charge < -0.3 is 0 Å². The number of fused-ring (bicyclic) bond motifs is 7. The fraction of sp³-hybridized carbons (Fsp3) is 0.0714. The molecule has 4 aromatic heterocycles. The summed E-state index contributed by atoms with van der Waals surface area (Å²) in [6.07, 6.45) is 9.80. The van der Waals surface area contributed by atoms with Crippen molar-refractivity contribution >= 4 is 26.5 Å². The van der Waals surface area contributed by atoms with E-state index in [9.17, 15) is 0 Å². The Labute approximate surface area is 112 Å². The molecule has 0 N–H and O–H groups in total. The molecule has 0 saturated carbocycles. The monoisotopic (exact) mass is 265 g/mol. The fourth-order valence-corrected chi connectivity index (χ4v) is 3.93. The Hall–Kier alpha value is -2.27. The minimum absolute atomic E-state index is 0.934. The maximum Gasteiger partial charge on any atom is 0.347 e. The van der Waals surface area contributed by atoms with Crippen LogP contribution < -0.4 is 4.40 Å². The molecule has 0 bridgehead atoms. The highest BCUT2D eigenvalue weighted by Gasteiger charge is 2.30. The molecular formula is C14H9N4S+.